The first-order chi connectivity index (χ1) is 8.11. The van der Waals surface area contributed by atoms with Gasteiger partial charge >= 0.3 is 5.97 Å². The van der Waals surface area contributed by atoms with Crippen molar-refractivity contribution in [1.29, 1.82) is 0 Å². The zero-order valence-corrected chi connectivity index (χ0v) is 10.4. The molecule has 1 aromatic carbocycles. The summed E-state index contributed by atoms with van der Waals surface area (Å²) in [6.45, 7) is 2.10. The van der Waals surface area contributed by atoms with Crippen molar-refractivity contribution in [1.82, 2.24) is 0 Å². The molecule has 0 atom stereocenters. The highest BCUT2D eigenvalue weighted by Crippen LogP contribution is 2.45. The van der Waals surface area contributed by atoms with Crippen LogP contribution in [0.1, 0.15) is 6.92 Å². The van der Waals surface area contributed by atoms with Crippen molar-refractivity contribution in [2.75, 3.05) is 18.6 Å². The average molecular weight is 253 g/mol. The van der Waals surface area contributed by atoms with Crippen molar-refractivity contribution < 1.29 is 13.9 Å². The average Bonchev–Trinajstić information content (AvgIpc) is 2.55. The van der Waals surface area contributed by atoms with Crippen molar-refractivity contribution in [3.05, 3.63) is 35.1 Å². The maximum atomic E-state index is 13.1. The Morgan fingerprint density at radius 3 is 3.06 bits per heavy atom. The summed E-state index contributed by atoms with van der Waals surface area (Å²) in [6.07, 6.45) is 1.42. The van der Waals surface area contributed by atoms with Gasteiger partial charge in [0, 0.05) is 11.9 Å². The van der Waals surface area contributed by atoms with Crippen molar-refractivity contribution >= 4 is 23.4 Å². The Bertz CT molecular complexity index is 487. The molecule has 5 heteroatoms. The van der Waals surface area contributed by atoms with Gasteiger partial charge in [0.2, 0.25) is 0 Å². The van der Waals surface area contributed by atoms with E-state index in [1.54, 1.807) is 13.0 Å². The quantitative estimate of drug-likeness (QED) is 0.599. The molecule has 0 saturated heterocycles. The molecule has 0 aromatic heterocycles. The number of thioether (sulfide) groups is 1. The minimum atomic E-state index is -0.380. The summed E-state index contributed by atoms with van der Waals surface area (Å²) in [4.78, 5) is 14.0. The minimum Gasteiger partial charge on any atom is -0.463 e. The fraction of sp³-hybridized carbons (Fsp3) is 0.250. The normalized spacial score (nSPS) is 16.2. The summed E-state index contributed by atoms with van der Waals surface area (Å²) in [5, 5.41) is 0.740. The highest BCUT2D eigenvalue weighted by molar-refractivity contribution is 8.03. The number of hydrogen-bond acceptors (Lipinski definition) is 4. The van der Waals surface area contributed by atoms with Gasteiger partial charge in [0.1, 0.15) is 5.82 Å². The lowest BCUT2D eigenvalue weighted by Gasteiger charge is -2.12. The van der Waals surface area contributed by atoms with Crippen LogP contribution in [0.2, 0.25) is 0 Å². The highest BCUT2D eigenvalue weighted by Gasteiger charge is 2.23. The summed E-state index contributed by atoms with van der Waals surface area (Å²) in [7, 11) is 1.84. The zero-order valence-electron chi connectivity index (χ0n) is 9.57. The van der Waals surface area contributed by atoms with Crippen molar-refractivity contribution in [2.45, 2.75) is 11.8 Å². The van der Waals surface area contributed by atoms with E-state index in [9.17, 15) is 9.18 Å². The summed E-state index contributed by atoms with van der Waals surface area (Å²) >= 11 is 1.36. The molecular weight excluding hydrogens is 241 g/mol. The van der Waals surface area contributed by atoms with Crippen molar-refractivity contribution in [3.63, 3.8) is 0 Å². The number of halogens is 1. The van der Waals surface area contributed by atoms with Gasteiger partial charge in [-0.2, -0.15) is 0 Å². The molecule has 0 fully saturated rings. The topological polar surface area (TPSA) is 29.5 Å². The largest absolute Gasteiger partial charge is 0.463 e. The predicted octanol–water partition coefficient (Wildman–Crippen LogP) is 2.77. The number of rotatable bonds is 2. The molecule has 90 valence electrons. The molecule has 0 bridgehead atoms. The maximum absolute atomic E-state index is 13.1. The van der Waals surface area contributed by atoms with Gasteiger partial charge in [-0.3, -0.25) is 0 Å². The second-order valence-corrected chi connectivity index (χ2v) is 4.57. The third kappa shape index (κ3) is 2.44. The van der Waals surface area contributed by atoms with Crippen LogP contribution in [0.5, 0.6) is 0 Å². The van der Waals surface area contributed by atoms with Gasteiger partial charge in [-0.05, 0) is 25.1 Å². The summed E-state index contributed by atoms with van der Waals surface area (Å²) in [5.41, 5.74) is 0.895. The molecule has 0 saturated carbocycles. The zero-order chi connectivity index (χ0) is 12.4. The number of fused-ring (bicyclic) bond motifs is 1. The van der Waals surface area contributed by atoms with Gasteiger partial charge in [-0.25, -0.2) is 9.18 Å². The molecule has 0 unspecified atom stereocenters. The van der Waals surface area contributed by atoms with Gasteiger partial charge in [0.15, 0.2) is 0 Å². The second-order valence-electron chi connectivity index (χ2n) is 3.51. The third-order valence-electron chi connectivity index (χ3n) is 2.36. The van der Waals surface area contributed by atoms with E-state index in [2.05, 4.69) is 0 Å². The fourth-order valence-electron chi connectivity index (χ4n) is 1.56. The van der Waals surface area contributed by atoms with Crippen LogP contribution in [0.15, 0.2) is 34.2 Å². The molecule has 0 amide bonds. The first-order valence-electron chi connectivity index (χ1n) is 5.21. The third-order valence-corrected chi connectivity index (χ3v) is 3.50. The molecule has 1 heterocycles. The lowest BCUT2D eigenvalue weighted by molar-refractivity contribution is -0.137. The molecule has 17 heavy (non-hydrogen) atoms. The van der Waals surface area contributed by atoms with Crippen LogP contribution in [0.3, 0.4) is 0 Å². The van der Waals surface area contributed by atoms with Gasteiger partial charge in [-0.1, -0.05) is 11.8 Å². The van der Waals surface area contributed by atoms with E-state index in [1.165, 1.54) is 30.0 Å². The Hall–Kier alpha value is -1.49. The van der Waals surface area contributed by atoms with E-state index >= 15 is 0 Å². The van der Waals surface area contributed by atoms with E-state index in [4.69, 9.17) is 4.74 Å². The molecule has 1 aliphatic rings. The maximum Gasteiger partial charge on any atom is 0.333 e. The number of anilines is 1. The van der Waals surface area contributed by atoms with Crippen LogP contribution in [0.4, 0.5) is 10.1 Å². The molecule has 2 rings (SSSR count). The van der Waals surface area contributed by atoms with Crippen molar-refractivity contribution in [2.24, 2.45) is 0 Å². The Kier molecular flexibility index (Phi) is 3.38. The van der Waals surface area contributed by atoms with Crippen LogP contribution in [-0.2, 0) is 9.53 Å². The number of ether oxygens (including phenoxy) is 1. The van der Waals surface area contributed by atoms with Gasteiger partial charge in [0.05, 0.1) is 23.4 Å². The smallest absolute Gasteiger partial charge is 0.333 e. The number of nitrogens with zero attached hydrogens (tertiary/aromatic N) is 1. The number of hydrogen-bond donors (Lipinski definition) is 0. The summed E-state index contributed by atoms with van der Waals surface area (Å²) < 4.78 is 17.9. The van der Waals surface area contributed by atoms with Crippen LogP contribution in [0, 0.1) is 5.82 Å². The van der Waals surface area contributed by atoms with Gasteiger partial charge in [0.25, 0.3) is 0 Å². The SMILES string of the molecule is CCOC(=O)C=C1Sc2cc(F)ccc2N1C. The van der Waals surface area contributed by atoms with Gasteiger partial charge < -0.3 is 9.64 Å². The number of carbonyl (C=O) groups is 1. The molecule has 0 radical (unpaired) electrons. The second kappa shape index (κ2) is 4.79. The number of benzene rings is 1. The van der Waals surface area contributed by atoms with Crippen LogP contribution in [0.25, 0.3) is 0 Å². The molecule has 0 aliphatic carbocycles. The standard InChI is InChI=1S/C12H12FNO2S/c1-3-16-12(15)7-11-14(2)9-5-4-8(13)6-10(9)17-11/h4-7H,3H2,1-2H3. The van der Waals surface area contributed by atoms with E-state index in [0.29, 0.717) is 6.61 Å². The lowest BCUT2D eigenvalue weighted by Crippen LogP contribution is -2.12. The monoisotopic (exact) mass is 253 g/mol. The first kappa shape index (κ1) is 12.0. The molecule has 0 spiro atoms. The molecule has 1 aliphatic heterocycles. The van der Waals surface area contributed by atoms with Gasteiger partial charge in [-0.15, -0.1) is 0 Å². The van der Waals surface area contributed by atoms with Crippen LogP contribution in [-0.4, -0.2) is 19.6 Å². The molecule has 3 nitrogen and oxygen atoms in total. The Balaban J connectivity index is 2.25. The van der Waals surface area contributed by atoms with Crippen LogP contribution >= 0.6 is 11.8 Å². The molecule has 1 aromatic rings. The molecular formula is C12H12FNO2S. The van der Waals surface area contributed by atoms with Crippen molar-refractivity contribution in [3.8, 4) is 0 Å². The van der Waals surface area contributed by atoms with E-state index in [1.807, 2.05) is 11.9 Å². The van der Waals surface area contributed by atoms with Crippen LogP contribution < -0.4 is 4.90 Å². The summed E-state index contributed by atoms with van der Waals surface area (Å²) in [5.74, 6) is -0.655. The van der Waals surface area contributed by atoms with E-state index < -0.39 is 0 Å². The highest BCUT2D eigenvalue weighted by atomic mass is 32.2. The molecule has 0 N–H and O–H groups in total. The fourth-order valence-corrected chi connectivity index (χ4v) is 2.65. The predicted molar refractivity (Wildman–Crippen MR) is 65.4 cm³/mol. The Morgan fingerprint density at radius 2 is 2.35 bits per heavy atom. The van der Waals surface area contributed by atoms with E-state index in [-0.39, 0.29) is 11.8 Å². The minimum absolute atomic E-state index is 0.276. The van der Waals surface area contributed by atoms with E-state index in [0.717, 1.165) is 15.6 Å². The Morgan fingerprint density at radius 1 is 1.59 bits per heavy atom. The number of esters is 1. The lowest BCUT2D eigenvalue weighted by atomic mass is 10.3. The summed E-state index contributed by atoms with van der Waals surface area (Å²) in [6, 6.07) is 4.56. The Labute approximate surface area is 103 Å². The number of carbonyl (C=O) groups excluding carboxylic acids is 1. The first-order valence-corrected chi connectivity index (χ1v) is 6.03.